The van der Waals surface area contributed by atoms with Crippen LogP contribution < -0.4 is 5.32 Å². The summed E-state index contributed by atoms with van der Waals surface area (Å²) in [5, 5.41) is 13.3. The molecule has 0 saturated heterocycles. The number of rotatable bonds is 5. The maximum Gasteiger partial charge on any atom is 0.229 e. The molecule has 2 aromatic carbocycles. The third-order valence-corrected chi connectivity index (χ3v) is 8.16. The monoisotopic (exact) mass is 463 g/mol. The van der Waals surface area contributed by atoms with Crippen molar-refractivity contribution in [2.24, 2.45) is 0 Å². The average molecular weight is 464 g/mol. The van der Waals surface area contributed by atoms with Crippen LogP contribution in [-0.4, -0.2) is 28.2 Å². The summed E-state index contributed by atoms with van der Waals surface area (Å²) in [6.07, 6.45) is 0.834. The second kappa shape index (κ2) is 7.68. The maximum atomic E-state index is 13.4. The molecule has 0 unspecified atom stereocenters. The van der Waals surface area contributed by atoms with Crippen molar-refractivity contribution in [3.8, 4) is 0 Å². The summed E-state index contributed by atoms with van der Waals surface area (Å²) in [6.45, 7) is 6.13. The van der Waals surface area contributed by atoms with E-state index in [4.69, 9.17) is 0 Å². The second-order valence-corrected chi connectivity index (χ2v) is 10.4. The molecule has 32 heavy (non-hydrogen) atoms. The van der Waals surface area contributed by atoms with Crippen LogP contribution in [0.2, 0.25) is 0 Å². The average Bonchev–Trinajstić information content (AvgIpc) is 3.44. The first-order valence-electron chi connectivity index (χ1n) is 10.2. The summed E-state index contributed by atoms with van der Waals surface area (Å²) >= 11 is 1.51. The zero-order valence-electron chi connectivity index (χ0n) is 17.8. The Morgan fingerprint density at radius 2 is 1.81 bits per heavy atom. The molecular weight excluding hydrogens is 442 g/mol. The molecule has 0 aliphatic rings. The third-order valence-electron chi connectivity index (χ3n) is 5.59. The van der Waals surface area contributed by atoms with Gasteiger partial charge in [-0.05, 0) is 72.7 Å². The van der Waals surface area contributed by atoms with Crippen LogP contribution in [-0.2, 0) is 16.3 Å². The van der Waals surface area contributed by atoms with Gasteiger partial charge in [-0.3, -0.25) is 0 Å². The molecule has 0 atom stereocenters. The zero-order valence-corrected chi connectivity index (χ0v) is 19.5. The van der Waals surface area contributed by atoms with Crippen molar-refractivity contribution in [2.45, 2.75) is 37.1 Å². The molecule has 0 amide bonds. The number of hydrogen-bond acceptors (Lipinski definition) is 7. The molecule has 3 heterocycles. The van der Waals surface area contributed by atoms with Gasteiger partial charge in [0.15, 0.2) is 11.5 Å². The highest BCUT2D eigenvalue weighted by atomic mass is 32.2. The summed E-state index contributed by atoms with van der Waals surface area (Å²) in [5.41, 5.74) is 5.25. The fourth-order valence-electron chi connectivity index (χ4n) is 3.55. The van der Waals surface area contributed by atoms with Gasteiger partial charge in [-0.25, -0.2) is 13.4 Å². The van der Waals surface area contributed by atoms with E-state index in [-0.39, 0.29) is 15.6 Å². The zero-order chi connectivity index (χ0) is 22.5. The standard InChI is InChI=1S/C23H21N5O2S2/c1-4-16-6-9-18(10-7-16)32(29,30)23-22-25-21(24-17-8-5-14(2)15(3)13-17)20-19(11-12-31-20)28(22)27-26-23/h5-13H,4H2,1-3H3,(H,24,25). The first-order chi connectivity index (χ1) is 15.4. The fourth-order valence-corrected chi connectivity index (χ4v) is 5.60. The Labute approximate surface area is 189 Å². The minimum Gasteiger partial charge on any atom is -0.339 e. The topological polar surface area (TPSA) is 89.2 Å². The number of thiophene rings is 1. The number of hydrogen-bond donors (Lipinski definition) is 1. The Morgan fingerprint density at radius 1 is 1.03 bits per heavy atom. The van der Waals surface area contributed by atoms with Crippen LogP contribution in [0.15, 0.2) is 63.8 Å². The van der Waals surface area contributed by atoms with E-state index >= 15 is 0 Å². The number of nitrogens with one attached hydrogen (secondary N) is 1. The number of anilines is 2. The number of aromatic nitrogens is 4. The van der Waals surface area contributed by atoms with Crippen molar-refractivity contribution in [3.05, 3.63) is 70.6 Å². The van der Waals surface area contributed by atoms with Crippen LogP contribution >= 0.6 is 11.3 Å². The molecule has 7 nitrogen and oxygen atoms in total. The summed E-state index contributed by atoms with van der Waals surface area (Å²) < 4.78 is 29.1. The van der Waals surface area contributed by atoms with E-state index in [1.54, 1.807) is 12.1 Å². The summed E-state index contributed by atoms with van der Waals surface area (Å²) in [6, 6.07) is 14.8. The molecule has 0 fully saturated rings. The predicted molar refractivity (Wildman–Crippen MR) is 127 cm³/mol. The van der Waals surface area contributed by atoms with Crippen LogP contribution in [0.5, 0.6) is 0 Å². The Hall–Kier alpha value is -3.30. The van der Waals surface area contributed by atoms with Crippen molar-refractivity contribution < 1.29 is 8.42 Å². The van der Waals surface area contributed by atoms with Gasteiger partial charge in [0.1, 0.15) is 0 Å². The SMILES string of the molecule is CCc1ccc(S(=O)(=O)c2nnn3c2nc(Nc2ccc(C)c(C)c2)c2sccc23)cc1. The van der Waals surface area contributed by atoms with Crippen molar-refractivity contribution >= 4 is 48.5 Å². The Morgan fingerprint density at radius 3 is 2.53 bits per heavy atom. The van der Waals surface area contributed by atoms with E-state index in [2.05, 4.69) is 27.5 Å². The first kappa shape index (κ1) is 20.6. The van der Waals surface area contributed by atoms with Crippen molar-refractivity contribution in [2.75, 3.05) is 5.32 Å². The molecule has 0 spiro atoms. The van der Waals surface area contributed by atoms with Crippen LogP contribution in [0, 0.1) is 13.8 Å². The molecule has 5 rings (SSSR count). The van der Waals surface area contributed by atoms with Gasteiger partial charge in [-0.2, -0.15) is 4.52 Å². The largest absolute Gasteiger partial charge is 0.339 e. The molecule has 0 saturated carbocycles. The number of fused-ring (bicyclic) bond motifs is 3. The van der Waals surface area contributed by atoms with Crippen LogP contribution in [0.1, 0.15) is 23.6 Å². The van der Waals surface area contributed by atoms with Gasteiger partial charge < -0.3 is 5.32 Å². The van der Waals surface area contributed by atoms with E-state index in [0.29, 0.717) is 5.82 Å². The molecule has 0 bridgehead atoms. The van der Waals surface area contributed by atoms with Crippen molar-refractivity contribution in [3.63, 3.8) is 0 Å². The lowest BCUT2D eigenvalue weighted by molar-refractivity contribution is 0.592. The van der Waals surface area contributed by atoms with Crippen LogP contribution in [0.3, 0.4) is 0 Å². The lowest BCUT2D eigenvalue weighted by Crippen LogP contribution is -2.05. The lowest BCUT2D eigenvalue weighted by Gasteiger charge is -2.10. The molecule has 0 aliphatic heterocycles. The Kier molecular flexibility index (Phi) is 4.94. The molecule has 162 valence electrons. The van der Waals surface area contributed by atoms with E-state index in [1.807, 2.05) is 55.6 Å². The Balaban J connectivity index is 1.67. The Bertz CT molecular complexity index is 1570. The van der Waals surface area contributed by atoms with Gasteiger partial charge in [0.2, 0.25) is 14.9 Å². The van der Waals surface area contributed by atoms with E-state index in [1.165, 1.54) is 21.4 Å². The molecular formula is C23H21N5O2S2. The van der Waals surface area contributed by atoms with E-state index < -0.39 is 9.84 Å². The van der Waals surface area contributed by atoms with Gasteiger partial charge >= 0.3 is 0 Å². The van der Waals surface area contributed by atoms with Crippen LogP contribution in [0.4, 0.5) is 11.5 Å². The predicted octanol–water partition coefficient (Wildman–Crippen LogP) is 5.09. The highest BCUT2D eigenvalue weighted by molar-refractivity contribution is 7.91. The molecule has 0 aliphatic carbocycles. The van der Waals surface area contributed by atoms with Gasteiger partial charge in [0.05, 0.1) is 15.1 Å². The van der Waals surface area contributed by atoms with Crippen molar-refractivity contribution in [1.82, 2.24) is 19.8 Å². The van der Waals surface area contributed by atoms with Crippen LogP contribution in [0.25, 0.3) is 15.9 Å². The smallest absolute Gasteiger partial charge is 0.229 e. The van der Waals surface area contributed by atoms with Gasteiger partial charge in [0, 0.05) is 5.69 Å². The molecule has 3 aromatic heterocycles. The number of benzene rings is 2. The molecule has 5 aromatic rings. The highest BCUT2D eigenvalue weighted by Crippen LogP contribution is 2.33. The third kappa shape index (κ3) is 3.34. The normalized spacial score (nSPS) is 12.0. The van der Waals surface area contributed by atoms with Gasteiger partial charge in [-0.1, -0.05) is 30.3 Å². The number of nitrogens with zero attached hydrogens (tertiary/aromatic N) is 4. The fraction of sp³-hybridized carbons (Fsp3) is 0.174. The highest BCUT2D eigenvalue weighted by Gasteiger charge is 2.27. The molecule has 0 radical (unpaired) electrons. The van der Waals surface area contributed by atoms with Gasteiger partial charge in [0.25, 0.3) is 0 Å². The lowest BCUT2D eigenvalue weighted by atomic mass is 10.1. The van der Waals surface area contributed by atoms with E-state index in [0.717, 1.165) is 33.5 Å². The maximum absolute atomic E-state index is 13.4. The van der Waals surface area contributed by atoms with E-state index in [9.17, 15) is 8.42 Å². The minimum atomic E-state index is -3.88. The number of sulfone groups is 1. The van der Waals surface area contributed by atoms with Gasteiger partial charge in [-0.15, -0.1) is 16.4 Å². The molecule has 1 N–H and O–H groups in total. The van der Waals surface area contributed by atoms with Crippen molar-refractivity contribution in [1.29, 1.82) is 0 Å². The summed E-state index contributed by atoms with van der Waals surface area (Å²) in [4.78, 5) is 4.84. The number of aryl methyl sites for hydroxylation is 3. The summed E-state index contributed by atoms with van der Waals surface area (Å²) in [5.74, 6) is 0.575. The summed E-state index contributed by atoms with van der Waals surface area (Å²) in [7, 11) is -3.88. The first-order valence-corrected chi connectivity index (χ1v) is 12.6. The second-order valence-electron chi connectivity index (χ2n) is 7.65. The minimum absolute atomic E-state index is 0.155. The quantitative estimate of drug-likeness (QED) is 0.390. The molecule has 9 heteroatoms.